The topological polar surface area (TPSA) is 173 Å². The number of hydrogen-bond donors (Lipinski definition) is 2. The molecule has 6 heterocycles. The van der Waals surface area contributed by atoms with E-state index in [1.165, 1.54) is 6.92 Å². The number of nitrogens with two attached hydrogens (primary N) is 1. The molecule has 2 aromatic carbocycles. The smallest absolute Gasteiger partial charge is 0.242 e. The number of hydrogen-bond acceptors (Lipinski definition) is 10. The number of benzene rings is 2. The summed E-state index contributed by atoms with van der Waals surface area (Å²) >= 11 is 0. The fourth-order valence-electron chi connectivity index (χ4n) is 6.99. The predicted octanol–water partition coefficient (Wildman–Crippen LogP) is 7.76. The second kappa shape index (κ2) is 14.3. The van der Waals surface area contributed by atoms with Gasteiger partial charge in [0, 0.05) is 42.8 Å². The molecule has 0 bridgehead atoms. The summed E-state index contributed by atoms with van der Waals surface area (Å²) in [6.45, 7) is 16.6. The van der Waals surface area contributed by atoms with Crippen molar-refractivity contribution < 1.29 is 14.4 Å². The number of aryl methyl sites for hydroxylation is 4. The number of pyridine rings is 2. The molecule has 0 saturated carbocycles. The minimum Gasteiger partial charge on any atom is -0.383 e. The number of carbonyl (C=O) groups is 3. The van der Waals surface area contributed by atoms with Crippen LogP contribution in [-0.2, 0) is 25.2 Å². The van der Waals surface area contributed by atoms with Gasteiger partial charge in [-0.05, 0) is 113 Å². The number of nitrogen functional groups attached to an aromatic ring is 1. The minimum atomic E-state index is -0.696. The van der Waals surface area contributed by atoms with E-state index in [1.807, 2.05) is 110 Å². The van der Waals surface area contributed by atoms with Gasteiger partial charge < -0.3 is 11.1 Å². The number of carbonyl (C=O) groups excluding carboxylic acids is 3. The number of nitrogens with zero attached hydrogens (tertiary/aromatic N) is 8. The zero-order valence-corrected chi connectivity index (χ0v) is 33.5. The van der Waals surface area contributed by atoms with Gasteiger partial charge in [-0.15, -0.1) is 0 Å². The van der Waals surface area contributed by atoms with E-state index >= 15 is 0 Å². The van der Waals surface area contributed by atoms with Crippen LogP contribution >= 0.6 is 0 Å². The number of anilines is 6. The molecule has 6 aromatic rings. The third kappa shape index (κ3) is 6.96. The van der Waals surface area contributed by atoms with E-state index in [2.05, 4.69) is 35.2 Å². The largest absolute Gasteiger partial charge is 0.383 e. The number of amides is 3. The lowest BCUT2D eigenvalue weighted by atomic mass is 9.85. The highest BCUT2D eigenvalue weighted by atomic mass is 16.2. The van der Waals surface area contributed by atoms with E-state index in [0.717, 1.165) is 61.7 Å². The number of rotatable bonds is 5. The molecule has 0 radical (unpaired) electrons. The summed E-state index contributed by atoms with van der Waals surface area (Å²) in [7, 11) is 0. The van der Waals surface area contributed by atoms with Crippen LogP contribution in [0.3, 0.4) is 0 Å². The van der Waals surface area contributed by atoms with Crippen LogP contribution in [0.1, 0.15) is 68.5 Å². The van der Waals surface area contributed by atoms with Gasteiger partial charge in [0.1, 0.15) is 34.9 Å². The molecule has 0 fully saturated rings. The first-order valence-electron chi connectivity index (χ1n) is 18.5. The Hall–Kier alpha value is -6.89. The maximum atomic E-state index is 13.4. The first kappa shape index (κ1) is 38.4. The molecular weight excluding hydrogens is 717 g/mol. The van der Waals surface area contributed by atoms with Crippen LogP contribution in [0.2, 0.25) is 0 Å². The van der Waals surface area contributed by atoms with E-state index < -0.39 is 10.8 Å². The molecule has 0 saturated heterocycles. The molecule has 288 valence electrons. The molecule has 13 heteroatoms. The van der Waals surface area contributed by atoms with Crippen molar-refractivity contribution in [3.8, 4) is 22.3 Å². The average Bonchev–Trinajstić information content (AvgIpc) is 3.50. The van der Waals surface area contributed by atoms with Crippen LogP contribution in [0.5, 0.6) is 0 Å². The summed E-state index contributed by atoms with van der Waals surface area (Å²) in [5, 5.41) is 2.73. The lowest BCUT2D eigenvalue weighted by molar-refractivity contribution is -0.122. The lowest BCUT2D eigenvalue weighted by Crippen LogP contribution is -2.33. The van der Waals surface area contributed by atoms with Gasteiger partial charge in [0.2, 0.25) is 17.7 Å². The van der Waals surface area contributed by atoms with Crippen LogP contribution in [0.15, 0.2) is 85.5 Å². The van der Waals surface area contributed by atoms with Gasteiger partial charge in [0.25, 0.3) is 0 Å². The summed E-state index contributed by atoms with van der Waals surface area (Å²) in [4.78, 5) is 67.5. The van der Waals surface area contributed by atoms with Crippen LogP contribution in [0, 0.1) is 27.7 Å². The Morgan fingerprint density at radius 3 is 1.44 bits per heavy atom. The summed E-state index contributed by atoms with van der Waals surface area (Å²) in [6.07, 6.45) is 7.13. The van der Waals surface area contributed by atoms with Crippen LogP contribution in [-0.4, -0.2) is 47.6 Å². The molecule has 13 nitrogen and oxygen atoms in total. The van der Waals surface area contributed by atoms with E-state index in [1.54, 1.807) is 40.7 Å². The van der Waals surface area contributed by atoms with E-state index in [4.69, 9.17) is 5.73 Å². The zero-order chi connectivity index (χ0) is 41.0. The Labute approximate surface area is 331 Å². The molecule has 4 aromatic heterocycles. The standard InChI is InChI=1S/C23H23N5O2.C21H21N5O/c1-13-6-9-20(27-21(13)26-15(3)29)28-19-10-16(17-11-24-14(2)25-12-17)7-8-18(19)23(4,5)22(28)30;1-12-5-8-18(25-19(12)22)26-17-9-14(15-10-23-13(2)24-11-15)6-7-16(17)21(3,4)20(26)27/h6-12H,1-5H3,(H,26,27,29);5-11H,1-4H3,(H2,22,25). The first-order chi connectivity index (χ1) is 27.0. The fraction of sp³-hybridized carbons (Fsp3) is 0.250. The quantitative estimate of drug-likeness (QED) is 0.177. The highest BCUT2D eigenvalue weighted by molar-refractivity contribution is 6.13. The summed E-state index contributed by atoms with van der Waals surface area (Å²) in [6, 6.07) is 19.3. The monoisotopic (exact) mass is 760 g/mol. The lowest BCUT2D eigenvalue weighted by Gasteiger charge is -2.20. The fourth-order valence-corrected chi connectivity index (χ4v) is 6.99. The van der Waals surface area contributed by atoms with Gasteiger partial charge in [-0.1, -0.05) is 36.4 Å². The molecule has 3 N–H and O–H groups in total. The Kier molecular flexibility index (Phi) is 9.64. The van der Waals surface area contributed by atoms with E-state index in [-0.39, 0.29) is 17.7 Å². The summed E-state index contributed by atoms with van der Waals surface area (Å²) in [5.41, 5.74) is 13.5. The third-order valence-electron chi connectivity index (χ3n) is 10.5. The molecule has 3 amide bonds. The normalized spacial score (nSPS) is 14.8. The maximum absolute atomic E-state index is 13.4. The van der Waals surface area contributed by atoms with E-state index in [9.17, 15) is 14.4 Å². The van der Waals surface area contributed by atoms with Crippen molar-refractivity contribution in [1.82, 2.24) is 29.9 Å². The summed E-state index contributed by atoms with van der Waals surface area (Å²) < 4.78 is 0. The van der Waals surface area contributed by atoms with Crippen molar-refractivity contribution in [2.24, 2.45) is 0 Å². The molecule has 0 aliphatic carbocycles. The molecular formula is C44H44N10O3. The van der Waals surface area contributed by atoms with Gasteiger partial charge >= 0.3 is 0 Å². The van der Waals surface area contributed by atoms with Gasteiger partial charge in [-0.2, -0.15) is 0 Å². The number of aromatic nitrogens is 6. The van der Waals surface area contributed by atoms with Gasteiger partial charge in [0.05, 0.1) is 22.2 Å². The number of fused-ring (bicyclic) bond motifs is 2. The Balaban J connectivity index is 0.000000175. The third-order valence-corrected chi connectivity index (χ3v) is 10.5. The van der Waals surface area contributed by atoms with Gasteiger partial charge in [0.15, 0.2) is 0 Å². The van der Waals surface area contributed by atoms with E-state index in [0.29, 0.717) is 29.1 Å². The van der Waals surface area contributed by atoms with Crippen molar-refractivity contribution in [3.05, 3.63) is 119 Å². The molecule has 0 unspecified atom stereocenters. The molecule has 2 aliphatic heterocycles. The SMILES string of the molecule is CC(=O)Nc1nc(N2C(=O)C(C)(C)c3ccc(-c4cnc(C)nc4)cc32)ccc1C.Cc1ncc(-c2ccc3c(c2)N(c2ccc(C)c(N)n2)C(=O)C3(C)C)cn1. The summed E-state index contributed by atoms with van der Waals surface area (Å²) in [5.74, 6) is 3.00. The van der Waals surface area contributed by atoms with Gasteiger partial charge in [-0.3, -0.25) is 24.2 Å². The molecule has 8 rings (SSSR count). The van der Waals surface area contributed by atoms with Crippen molar-refractivity contribution in [2.45, 2.75) is 73.1 Å². The highest BCUT2D eigenvalue weighted by Crippen LogP contribution is 2.48. The molecule has 0 spiro atoms. The van der Waals surface area contributed by atoms with Crippen LogP contribution in [0.4, 0.5) is 34.6 Å². The maximum Gasteiger partial charge on any atom is 0.242 e. The van der Waals surface area contributed by atoms with Crippen molar-refractivity contribution in [2.75, 3.05) is 20.9 Å². The van der Waals surface area contributed by atoms with Crippen LogP contribution < -0.4 is 20.9 Å². The minimum absolute atomic E-state index is 0.0226. The molecule has 0 atom stereocenters. The predicted molar refractivity (Wildman–Crippen MR) is 221 cm³/mol. The Morgan fingerprint density at radius 1 is 0.596 bits per heavy atom. The van der Waals surface area contributed by atoms with Crippen molar-refractivity contribution in [1.29, 1.82) is 0 Å². The molecule has 57 heavy (non-hydrogen) atoms. The second-order valence-corrected chi connectivity index (χ2v) is 15.4. The number of nitrogens with one attached hydrogen (secondary N) is 1. The zero-order valence-electron chi connectivity index (χ0n) is 33.5. The van der Waals surface area contributed by atoms with Gasteiger partial charge in [-0.25, -0.2) is 29.9 Å². The highest BCUT2D eigenvalue weighted by Gasteiger charge is 2.46. The van der Waals surface area contributed by atoms with Crippen LogP contribution in [0.25, 0.3) is 22.3 Å². The average molecular weight is 761 g/mol. The molecule has 2 aliphatic rings. The van der Waals surface area contributed by atoms with Crippen molar-refractivity contribution >= 4 is 52.4 Å². The Bertz CT molecular complexity index is 2580. The first-order valence-corrected chi connectivity index (χ1v) is 18.5. The Morgan fingerprint density at radius 2 is 1.02 bits per heavy atom. The second-order valence-electron chi connectivity index (χ2n) is 15.4. The van der Waals surface area contributed by atoms with Crippen molar-refractivity contribution in [3.63, 3.8) is 0 Å².